The van der Waals surface area contributed by atoms with Gasteiger partial charge in [0.05, 0.1) is 23.1 Å². The van der Waals surface area contributed by atoms with Gasteiger partial charge in [-0.1, -0.05) is 0 Å². The molecule has 7 heteroatoms. The number of sulfone groups is 1. The molecule has 0 saturated carbocycles. The van der Waals surface area contributed by atoms with Crippen LogP contribution in [0.5, 0.6) is 0 Å². The highest BCUT2D eigenvalue weighted by Gasteiger charge is 2.39. The van der Waals surface area contributed by atoms with Crippen molar-refractivity contribution in [1.29, 1.82) is 0 Å². The van der Waals surface area contributed by atoms with E-state index in [1.807, 2.05) is 0 Å². The lowest BCUT2D eigenvalue weighted by Crippen LogP contribution is -2.52. The molecule has 0 radical (unpaired) electrons. The average Bonchev–Trinajstić information content (AvgIpc) is 2.84. The van der Waals surface area contributed by atoms with Crippen molar-refractivity contribution in [3.05, 3.63) is 0 Å². The quantitative estimate of drug-likeness (QED) is 0.762. The maximum Gasteiger partial charge on any atom is 0.315 e. The topological polar surface area (TPSA) is 84.5 Å². The van der Waals surface area contributed by atoms with E-state index in [4.69, 9.17) is 4.74 Å². The second-order valence-corrected chi connectivity index (χ2v) is 7.56. The molecule has 2 saturated heterocycles. The van der Waals surface area contributed by atoms with E-state index < -0.39 is 15.4 Å². The molecule has 0 aromatic heterocycles. The molecule has 0 aromatic rings. The number of amides is 2. The van der Waals surface area contributed by atoms with Gasteiger partial charge in [-0.3, -0.25) is 0 Å². The van der Waals surface area contributed by atoms with Crippen LogP contribution in [0.2, 0.25) is 0 Å². The first-order valence-corrected chi connectivity index (χ1v) is 8.09. The van der Waals surface area contributed by atoms with Gasteiger partial charge < -0.3 is 15.4 Å². The summed E-state index contributed by atoms with van der Waals surface area (Å²) in [7, 11) is -3.00. The standard InChI is InChI=1S/C11H20N2O4S/c1-11(4-6-18(15,16)8-11)13-10(14)12-7-9-3-2-5-17-9/h9H,2-8H2,1H3,(H2,12,13,14). The Morgan fingerprint density at radius 3 is 2.83 bits per heavy atom. The summed E-state index contributed by atoms with van der Waals surface area (Å²) in [4.78, 5) is 11.7. The van der Waals surface area contributed by atoms with Gasteiger partial charge in [-0.05, 0) is 26.2 Å². The van der Waals surface area contributed by atoms with Gasteiger partial charge in [-0.25, -0.2) is 13.2 Å². The third kappa shape index (κ3) is 3.58. The highest BCUT2D eigenvalue weighted by atomic mass is 32.2. The lowest BCUT2D eigenvalue weighted by Gasteiger charge is -2.24. The largest absolute Gasteiger partial charge is 0.376 e. The third-order valence-corrected chi connectivity index (χ3v) is 5.34. The fraction of sp³-hybridized carbons (Fsp3) is 0.909. The maximum atomic E-state index is 11.7. The van der Waals surface area contributed by atoms with Crippen LogP contribution < -0.4 is 10.6 Å². The van der Waals surface area contributed by atoms with Gasteiger partial charge in [0.25, 0.3) is 0 Å². The number of nitrogens with one attached hydrogen (secondary N) is 2. The number of carbonyl (C=O) groups excluding carboxylic acids is 1. The van der Waals surface area contributed by atoms with E-state index in [0.717, 1.165) is 19.4 Å². The van der Waals surface area contributed by atoms with E-state index in [1.54, 1.807) is 6.92 Å². The summed E-state index contributed by atoms with van der Waals surface area (Å²) in [5, 5.41) is 5.48. The molecule has 2 heterocycles. The Morgan fingerprint density at radius 1 is 1.50 bits per heavy atom. The Hall–Kier alpha value is -0.820. The van der Waals surface area contributed by atoms with Crippen molar-refractivity contribution in [1.82, 2.24) is 10.6 Å². The molecular formula is C11H20N2O4S. The Morgan fingerprint density at radius 2 is 2.28 bits per heavy atom. The summed E-state index contributed by atoms with van der Waals surface area (Å²) < 4.78 is 28.2. The van der Waals surface area contributed by atoms with Crippen LogP contribution in [0.3, 0.4) is 0 Å². The van der Waals surface area contributed by atoms with E-state index >= 15 is 0 Å². The molecule has 0 spiro atoms. The average molecular weight is 276 g/mol. The van der Waals surface area contributed by atoms with Crippen LogP contribution in [0, 0.1) is 0 Å². The van der Waals surface area contributed by atoms with Gasteiger partial charge in [-0.2, -0.15) is 0 Å². The Bertz CT molecular complexity index is 417. The summed E-state index contributed by atoms with van der Waals surface area (Å²) in [6.07, 6.45) is 2.56. The van der Waals surface area contributed by atoms with Crippen LogP contribution >= 0.6 is 0 Å². The number of urea groups is 1. The molecule has 2 amide bonds. The predicted molar refractivity (Wildman–Crippen MR) is 67.2 cm³/mol. The summed E-state index contributed by atoms with van der Waals surface area (Å²) in [6, 6.07) is -0.315. The van der Waals surface area contributed by atoms with Crippen molar-refractivity contribution in [3.63, 3.8) is 0 Å². The Balaban J connectivity index is 1.77. The van der Waals surface area contributed by atoms with Crippen LogP contribution in [0.15, 0.2) is 0 Å². The summed E-state index contributed by atoms with van der Waals surface area (Å²) >= 11 is 0. The van der Waals surface area contributed by atoms with Crippen LogP contribution in [0.25, 0.3) is 0 Å². The van der Waals surface area contributed by atoms with E-state index in [1.165, 1.54) is 0 Å². The van der Waals surface area contributed by atoms with Gasteiger partial charge in [0.2, 0.25) is 0 Å². The minimum atomic E-state index is -3.00. The fourth-order valence-electron chi connectivity index (χ4n) is 2.44. The minimum Gasteiger partial charge on any atom is -0.376 e. The third-order valence-electron chi connectivity index (χ3n) is 3.43. The molecule has 0 aliphatic carbocycles. The van der Waals surface area contributed by atoms with E-state index in [2.05, 4.69) is 10.6 Å². The number of hydrogen-bond donors (Lipinski definition) is 2. The fourth-order valence-corrected chi connectivity index (χ4v) is 4.53. The Kier molecular flexibility index (Phi) is 3.82. The zero-order valence-corrected chi connectivity index (χ0v) is 11.4. The lowest BCUT2D eigenvalue weighted by molar-refractivity contribution is 0.111. The molecule has 104 valence electrons. The van der Waals surface area contributed by atoms with E-state index in [9.17, 15) is 13.2 Å². The van der Waals surface area contributed by atoms with E-state index in [-0.39, 0.29) is 23.6 Å². The molecule has 0 bridgehead atoms. The van der Waals surface area contributed by atoms with Crippen molar-refractivity contribution in [2.45, 2.75) is 37.8 Å². The molecule has 2 unspecified atom stereocenters. The number of hydrogen-bond acceptors (Lipinski definition) is 4. The second-order valence-electron chi connectivity index (χ2n) is 5.37. The SMILES string of the molecule is CC1(NC(=O)NCC2CCCO2)CCS(=O)(=O)C1. The lowest BCUT2D eigenvalue weighted by atomic mass is 10.0. The van der Waals surface area contributed by atoms with Crippen molar-refractivity contribution in [2.24, 2.45) is 0 Å². The normalized spacial score (nSPS) is 34.4. The number of ether oxygens (including phenoxy) is 1. The van der Waals surface area contributed by atoms with Gasteiger partial charge >= 0.3 is 6.03 Å². The first-order valence-electron chi connectivity index (χ1n) is 6.27. The zero-order chi connectivity index (χ0) is 13.2. The highest BCUT2D eigenvalue weighted by Crippen LogP contribution is 2.22. The Labute approximate surface area is 107 Å². The number of carbonyl (C=O) groups is 1. The molecule has 2 aliphatic rings. The molecule has 2 fully saturated rings. The molecule has 2 aliphatic heterocycles. The van der Waals surface area contributed by atoms with Gasteiger partial charge in [-0.15, -0.1) is 0 Å². The van der Waals surface area contributed by atoms with Crippen LogP contribution in [-0.2, 0) is 14.6 Å². The van der Waals surface area contributed by atoms with Crippen LogP contribution in [-0.4, -0.2) is 50.7 Å². The van der Waals surface area contributed by atoms with Crippen molar-refractivity contribution in [2.75, 3.05) is 24.7 Å². The molecule has 2 N–H and O–H groups in total. The molecule has 18 heavy (non-hydrogen) atoms. The summed E-state index contributed by atoms with van der Waals surface area (Å²) in [5.41, 5.74) is -0.639. The first kappa shape index (κ1) is 13.6. The predicted octanol–water partition coefficient (Wildman–Crippen LogP) is 0.0418. The zero-order valence-electron chi connectivity index (χ0n) is 10.6. The molecular weight excluding hydrogens is 256 g/mol. The molecule has 6 nitrogen and oxygen atoms in total. The van der Waals surface area contributed by atoms with Crippen molar-refractivity contribution < 1.29 is 17.9 Å². The highest BCUT2D eigenvalue weighted by molar-refractivity contribution is 7.91. The first-order chi connectivity index (χ1) is 8.39. The molecule has 0 aromatic carbocycles. The maximum absolute atomic E-state index is 11.7. The monoisotopic (exact) mass is 276 g/mol. The van der Waals surface area contributed by atoms with Crippen LogP contribution in [0.1, 0.15) is 26.2 Å². The molecule has 2 atom stereocenters. The summed E-state index contributed by atoms with van der Waals surface area (Å²) in [6.45, 7) is 3.00. The number of rotatable bonds is 3. The van der Waals surface area contributed by atoms with Gasteiger partial charge in [0.1, 0.15) is 0 Å². The van der Waals surface area contributed by atoms with Crippen molar-refractivity contribution in [3.8, 4) is 0 Å². The van der Waals surface area contributed by atoms with Gasteiger partial charge in [0.15, 0.2) is 9.84 Å². The van der Waals surface area contributed by atoms with Crippen LogP contribution in [0.4, 0.5) is 4.79 Å². The van der Waals surface area contributed by atoms with E-state index in [0.29, 0.717) is 13.0 Å². The van der Waals surface area contributed by atoms with Crippen molar-refractivity contribution >= 4 is 15.9 Å². The van der Waals surface area contributed by atoms with Gasteiger partial charge in [0, 0.05) is 13.2 Å². The smallest absolute Gasteiger partial charge is 0.315 e. The summed E-state index contributed by atoms with van der Waals surface area (Å²) in [5.74, 6) is 0.170. The minimum absolute atomic E-state index is 0.0212. The molecule has 2 rings (SSSR count). The second kappa shape index (κ2) is 5.05.